The molecule has 5 nitrogen and oxygen atoms in total. The van der Waals surface area contributed by atoms with E-state index in [1.54, 1.807) is 0 Å². The van der Waals surface area contributed by atoms with Crippen LogP contribution in [0.25, 0.3) is 0 Å². The molecule has 0 spiro atoms. The number of nitrogens with zero attached hydrogens (tertiary/aromatic N) is 1. The van der Waals surface area contributed by atoms with Crippen molar-refractivity contribution < 1.29 is 13.5 Å². The minimum atomic E-state index is -0.742. The Kier molecular flexibility index (Phi) is 7.42. The largest absolute Gasteiger partial charge is 0.382 e. The van der Waals surface area contributed by atoms with Crippen molar-refractivity contribution in [2.75, 3.05) is 25.1 Å². The third-order valence-electron chi connectivity index (χ3n) is 2.31. The summed E-state index contributed by atoms with van der Waals surface area (Å²) in [4.78, 5) is 4.06. The highest BCUT2D eigenvalue weighted by atomic mass is 79.9. The number of benzene rings is 1. The van der Waals surface area contributed by atoms with Gasteiger partial charge in [0.1, 0.15) is 5.69 Å². The Morgan fingerprint density at radius 3 is 2.60 bits per heavy atom. The van der Waals surface area contributed by atoms with Crippen LogP contribution < -0.4 is 16.6 Å². The van der Waals surface area contributed by atoms with E-state index in [0.717, 1.165) is 12.1 Å². The van der Waals surface area contributed by atoms with Crippen molar-refractivity contribution in [3.8, 4) is 0 Å². The summed E-state index contributed by atoms with van der Waals surface area (Å²) < 4.78 is 32.7. The summed E-state index contributed by atoms with van der Waals surface area (Å²) in [6.07, 6.45) is 0.687. The zero-order valence-corrected chi connectivity index (χ0v) is 12.6. The molecule has 0 aliphatic rings. The predicted molar refractivity (Wildman–Crippen MR) is 78.4 cm³/mol. The number of halogens is 3. The quantitative estimate of drug-likeness (QED) is 0.242. The van der Waals surface area contributed by atoms with E-state index >= 15 is 0 Å². The fraction of sp³-hybridized carbons (Fsp3) is 0.417. The molecule has 112 valence electrons. The molecule has 1 aromatic carbocycles. The Bertz CT molecular complexity index is 448. The van der Waals surface area contributed by atoms with Crippen molar-refractivity contribution in [2.45, 2.75) is 13.3 Å². The number of rotatable bonds is 6. The highest BCUT2D eigenvalue weighted by Crippen LogP contribution is 2.23. The Morgan fingerprint density at radius 1 is 1.40 bits per heavy atom. The molecule has 0 saturated carbocycles. The molecule has 8 heteroatoms. The molecule has 0 fully saturated rings. The van der Waals surface area contributed by atoms with E-state index in [-0.39, 0.29) is 11.6 Å². The van der Waals surface area contributed by atoms with Gasteiger partial charge in [-0.2, -0.15) is 0 Å². The number of hydrazine groups is 1. The number of hydrogen-bond donors (Lipinski definition) is 3. The zero-order valence-electron chi connectivity index (χ0n) is 11.0. The van der Waals surface area contributed by atoms with Gasteiger partial charge in [-0.25, -0.2) is 14.6 Å². The first-order chi connectivity index (χ1) is 9.58. The average Bonchev–Trinajstić information content (AvgIpc) is 2.40. The first-order valence-electron chi connectivity index (χ1n) is 6.08. The lowest BCUT2D eigenvalue weighted by Gasteiger charge is -2.11. The maximum Gasteiger partial charge on any atom is 0.210 e. The Balaban J connectivity index is 2.66. The van der Waals surface area contributed by atoms with Gasteiger partial charge < -0.3 is 10.1 Å². The first-order valence-corrected chi connectivity index (χ1v) is 6.88. The summed E-state index contributed by atoms with van der Waals surface area (Å²) in [6, 6.07) is 2.29. The fourth-order valence-corrected chi connectivity index (χ4v) is 1.81. The summed E-state index contributed by atoms with van der Waals surface area (Å²) in [7, 11) is 0. The molecule has 0 bridgehead atoms. The number of ether oxygens (including phenoxy) is 1. The highest BCUT2D eigenvalue weighted by molar-refractivity contribution is 9.10. The van der Waals surface area contributed by atoms with E-state index in [1.807, 2.05) is 6.92 Å². The van der Waals surface area contributed by atoms with Crippen LogP contribution >= 0.6 is 15.9 Å². The molecule has 1 aromatic rings. The van der Waals surface area contributed by atoms with Crippen LogP contribution in [0.3, 0.4) is 0 Å². The van der Waals surface area contributed by atoms with Crippen molar-refractivity contribution in [3.63, 3.8) is 0 Å². The normalized spacial score (nSPS) is 11.6. The number of anilines is 1. The maximum atomic E-state index is 13.6. The van der Waals surface area contributed by atoms with Gasteiger partial charge in [0.15, 0.2) is 11.6 Å². The van der Waals surface area contributed by atoms with Gasteiger partial charge in [0.25, 0.3) is 0 Å². The fourth-order valence-electron chi connectivity index (χ4n) is 1.40. The number of nitrogens with one attached hydrogen (secondary N) is 2. The molecule has 0 radical (unpaired) electrons. The van der Waals surface area contributed by atoms with Gasteiger partial charge >= 0.3 is 0 Å². The molecule has 0 aromatic heterocycles. The van der Waals surface area contributed by atoms with Crippen molar-refractivity contribution in [1.82, 2.24) is 5.43 Å². The van der Waals surface area contributed by atoms with Crippen LogP contribution in [0.15, 0.2) is 21.6 Å². The van der Waals surface area contributed by atoms with Crippen molar-refractivity contribution in [3.05, 3.63) is 28.2 Å². The van der Waals surface area contributed by atoms with Crippen LogP contribution in [0.5, 0.6) is 0 Å². The average molecular weight is 351 g/mol. The van der Waals surface area contributed by atoms with Gasteiger partial charge in [0, 0.05) is 24.2 Å². The minimum Gasteiger partial charge on any atom is -0.382 e. The predicted octanol–water partition coefficient (Wildman–Crippen LogP) is 2.39. The summed E-state index contributed by atoms with van der Waals surface area (Å²) in [5.74, 6) is 3.86. The number of aliphatic imine (C=N–C) groups is 1. The van der Waals surface area contributed by atoms with Crippen LogP contribution in [0.4, 0.5) is 14.5 Å². The van der Waals surface area contributed by atoms with E-state index in [2.05, 4.69) is 31.7 Å². The van der Waals surface area contributed by atoms with Crippen molar-refractivity contribution in [1.29, 1.82) is 0 Å². The van der Waals surface area contributed by atoms with Crippen LogP contribution in [-0.4, -0.2) is 25.7 Å². The maximum absolute atomic E-state index is 13.6. The lowest BCUT2D eigenvalue weighted by molar-refractivity contribution is 0.146. The lowest BCUT2D eigenvalue weighted by Crippen LogP contribution is -2.37. The van der Waals surface area contributed by atoms with E-state index < -0.39 is 11.6 Å². The second kappa shape index (κ2) is 8.83. The summed E-state index contributed by atoms with van der Waals surface area (Å²) in [6.45, 7) is 3.53. The topological polar surface area (TPSA) is 71.7 Å². The molecule has 4 N–H and O–H groups in total. The SMILES string of the molecule is CCOCCCN=C(NN)Nc1c(F)cc(Br)cc1F. The van der Waals surface area contributed by atoms with E-state index in [0.29, 0.717) is 30.7 Å². The summed E-state index contributed by atoms with van der Waals surface area (Å²) in [5, 5.41) is 2.49. The molecule has 0 aliphatic heterocycles. The van der Waals surface area contributed by atoms with Gasteiger partial charge in [0.2, 0.25) is 5.96 Å². The van der Waals surface area contributed by atoms with E-state index in [4.69, 9.17) is 10.6 Å². The Hall–Kier alpha value is -1.25. The van der Waals surface area contributed by atoms with Gasteiger partial charge in [-0.1, -0.05) is 15.9 Å². The van der Waals surface area contributed by atoms with E-state index in [9.17, 15) is 8.78 Å². The smallest absolute Gasteiger partial charge is 0.210 e. The summed E-state index contributed by atoms with van der Waals surface area (Å²) in [5.41, 5.74) is 1.95. The first kappa shape index (κ1) is 16.8. The van der Waals surface area contributed by atoms with Crippen molar-refractivity contribution >= 4 is 27.6 Å². The van der Waals surface area contributed by atoms with Crippen molar-refractivity contribution in [2.24, 2.45) is 10.8 Å². The van der Waals surface area contributed by atoms with Gasteiger partial charge in [-0.15, -0.1) is 0 Å². The molecular weight excluding hydrogens is 334 g/mol. The van der Waals surface area contributed by atoms with Crippen LogP contribution in [-0.2, 0) is 4.74 Å². The number of guanidine groups is 1. The van der Waals surface area contributed by atoms with Crippen LogP contribution in [0.1, 0.15) is 13.3 Å². The minimum absolute atomic E-state index is 0.0848. The molecule has 1 rings (SSSR count). The molecule has 0 atom stereocenters. The molecule has 20 heavy (non-hydrogen) atoms. The van der Waals surface area contributed by atoms with Gasteiger partial charge in [-0.05, 0) is 25.5 Å². The second-order valence-corrected chi connectivity index (χ2v) is 4.71. The van der Waals surface area contributed by atoms with Crippen LogP contribution in [0, 0.1) is 11.6 Å². The monoisotopic (exact) mass is 350 g/mol. The summed E-state index contributed by atoms with van der Waals surface area (Å²) >= 11 is 3.00. The van der Waals surface area contributed by atoms with Crippen LogP contribution in [0.2, 0.25) is 0 Å². The standard InChI is InChI=1S/C12H17BrF2N4O/c1-2-20-5-3-4-17-12(19-16)18-11-9(14)6-8(13)7-10(11)15/h6-7H,2-5,16H2,1H3,(H2,17,18,19). The zero-order chi connectivity index (χ0) is 15.0. The Labute approximate surface area is 124 Å². The molecule has 0 heterocycles. The second-order valence-electron chi connectivity index (χ2n) is 3.79. The molecule has 0 saturated heterocycles. The van der Waals surface area contributed by atoms with Gasteiger partial charge in [-0.3, -0.25) is 10.4 Å². The lowest BCUT2D eigenvalue weighted by atomic mass is 10.3. The third-order valence-corrected chi connectivity index (χ3v) is 2.77. The molecule has 0 amide bonds. The third kappa shape index (κ3) is 5.40. The number of nitrogens with two attached hydrogens (primary N) is 1. The molecular formula is C12H17BrF2N4O. The number of hydrogen-bond acceptors (Lipinski definition) is 3. The highest BCUT2D eigenvalue weighted by Gasteiger charge is 2.12. The molecule has 0 unspecified atom stereocenters. The van der Waals surface area contributed by atoms with E-state index in [1.165, 1.54) is 0 Å². The molecule has 0 aliphatic carbocycles. The van der Waals surface area contributed by atoms with Gasteiger partial charge in [0.05, 0.1) is 0 Å². The Morgan fingerprint density at radius 2 is 2.05 bits per heavy atom.